The van der Waals surface area contributed by atoms with Crippen molar-refractivity contribution in [2.24, 2.45) is 11.8 Å². The first-order valence-electron chi connectivity index (χ1n) is 6.81. The summed E-state index contributed by atoms with van der Waals surface area (Å²) in [6.07, 6.45) is 3.15. The van der Waals surface area contributed by atoms with Crippen LogP contribution in [0.5, 0.6) is 5.75 Å². The van der Waals surface area contributed by atoms with Gasteiger partial charge in [-0.15, -0.1) is 0 Å². The molecule has 1 aromatic carbocycles. The van der Waals surface area contributed by atoms with Crippen LogP contribution in [0.4, 0.5) is 0 Å². The van der Waals surface area contributed by atoms with E-state index in [9.17, 15) is 4.79 Å². The minimum absolute atomic E-state index is 0.0275. The zero-order valence-corrected chi connectivity index (χ0v) is 11.9. The van der Waals surface area contributed by atoms with Gasteiger partial charge in [0.25, 0.3) is 0 Å². The lowest BCUT2D eigenvalue weighted by Gasteiger charge is -2.13. The Morgan fingerprint density at radius 3 is 2.33 bits per heavy atom. The fourth-order valence-corrected chi connectivity index (χ4v) is 1.68. The van der Waals surface area contributed by atoms with Crippen LogP contribution in [0.1, 0.15) is 45.6 Å². The Morgan fingerprint density at radius 1 is 1.17 bits per heavy atom. The van der Waals surface area contributed by atoms with Crippen molar-refractivity contribution in [1.82, 2.24) is 0 Å². The molecular weight excluding hydrogens is 224 g/mol. The standard InChI is InChI=1S/C16H24O2/c1-5-12(2)6-9-14(4)16(17)18-15-10-7-13(3)8-11-15/h7-8,10-12,14H,5-6,9H2,1-4H3. The van der Waals surface area contributed by atoms with Gasteiger partial charge in [0, 0.05) is 0 Å². The van der Waals surface area contributed by atoms with Crippen LogP contribution in [0.2, 0.25) is 0 Å². The highest BCUT2D eigenvalue weighted by atomic mass is 16.5. The van der Waals surface area contributed by atoms with Crippen LogP contribution in [-0.4, -0.2) is 5.97 Å². The smallest absolute Gasteiger partial charge is 0.314 e. The van der Waals surface area contributed by atoms with Gasteiger partial charge in [-0.3, -0.25) is 4.79 Å². The van der Waals surface area contributed by atoms with E-state index in [4.69, 9.17) is 4.74 Å². The molecule has 1 aromatic rings. The number of ether oxygens (including phenoxy) is 1. The Labute approximate surface area is 110 Å². The van der Waals surface area contributed by atoms with E-state index in [-0.39, 0.29) is 11.9 Å². The van der Waals surface area contributed by atoms with Gasteiger partial charge in [0.2, 0.25) is 0 Å². The average molecular weight is 248 g/mol. The molecule has 0 N–H and O–H groups in total. The highest BCUT2D eigenvalue weighted by Crippen LogP contribution is 2.18. The van der Waals surface area contributed by atoms with E-state index in [1.165, 1.54) is 12.0 Å². The molecule has 2 unspecified atom stereocenters. The first-order chi connectivity index (χ1) is 8.52. The van der Waals surface area contributed by atoms with Crippen molar-refractivity contribution in [3.05, 3.63) is 29.8 Å². The second-order valence-electron chi connectivity index (χ2n) is 5.23. The third-order valence-electron chi connectivity index (χ3n) is 3.43. The van der Waals surface area contributed by atoms with Crippen LogP contribution in [-0.2, 0) is 4.79 Å². The fraction of sp³-hybridized carbons (Fsp3) is 0.562. The fourth-order valence-electron chi connectivity index (χ4n) is 1.68. The molecule has 0 aliphatic heterocycles. The number of carbonyl (C=O) groups is 1. The van der Waals surface area contributed by atoms with E-state index in [2.05, 4.69) is 13.8 Å². The van der Waals surface area contributed by atoms with Gasteiger partial charge < -0.3 is 4.74 Å². The summed E-state index contributed by atoms with van der Waals surface area (Å²) in [6, 6.07) is 7.59. The largest absolute Gasteiger partial charge is 0.426 e. The molecule has 100 valence electrons. The summed E-state index contributed by atoms with van der Waals surface area (Å²) in [5, 5.41) is 0. The van der Waals surface area contributed by atoms with Crippen LogP contribution < -0.4 is 4.74 Å². The molecule has 0 radical (unpaired) electrons. The molecule has 0 heterocycles. The lowest BCUT2D eigenvalue weighted by atomic mass is 9.96. The molecule has 0 spiro atoms. The van der Waals surface area contributed by atoms with Crippen LogP contribution >= 0.6 is 0 Å². The Hall–Kier alpha value is -1.31. The van der Waals surface area contributed by atoms with Crippen LogP contribution in [0.15, 0.2) is 24.3 Å². The summed E-state index contributed by atoms with van der Waals surface area (Å²) in [7, 11) is 0. The lowest BCUT2D eigenvalue weighted by molar-refractivity contribution is -0.138. The van der Waals surface area contributed by atoms with E-state index >= 15 is 0 Å². The molecule has 0 fully saturated rings. The second-order valence-corrected chi connectivity index (χ2v) is 5.23. The number of hydrogen-bond acceptors (Lipinski definition) is 2. The van der Waals surface area contributed by atoms with Crippen LogP contribution in [0.3, 0.4) is 0 Å². The first-order valence-corrected chi connectivity index (χ1v) is 6.81. The third kappa shape index (κ3) is 4.91. The van der Waals surface area contributed by atoms with Crippen molar-refractivity contribution >= 4 is 5.97 Å². The molecule has 2 heteroatoms. The van der Waals surface area contributed by atoms with Gasteiger partial charge in [0.1, 0.15) is 5.75 Å². The molecule has 2 nitrogen and oxygen atoms in total. The van der Waals surface area contributed by atoms with E-state index in [1.807, 2.05) is 38.1 Å². The van der Waals surface area contributed by atoms with Crippen molar-refractivity contribution in [2.45, 2.75) is 47.0 Å². The average Bonchev–Trinajstić information content (AvgIpc) is 2.38. The monoisotopic (exact) mass is 248 g/mol. The Morgan fingerprint density at radius 2 is 1.78 bits per heavy atom. The van der Waals surface area contributed by atoms with Crippen LogP contribution in [0.25, 0.3) is 0 Å². The maximum Gasteiger partial charge on any atom is 0.314 e. The zero-order chi connectivity index (χ0) is 13.5. The van der Waals surface area contributed by atoms with Crippen molar-refractivity contribution in [3.8, 4) is 5.75 Å². The summed E-state index contributed by atoms with van der Waals surface area (Å²) >= 11 is 0. The molecule has 0 amide bonds. The Kier molecular flexibility index (Phi) is 5.90. The molecule has 0 aromatic heterocycles. The maximum absolute atomic E-state index is 11.9. The van der Waals surface area contributed by atoms with E-state index in [0.29, 0.717) is 11.7 Å². The normalized spacial score (nSPS) is 14.0. The summed E-state index contributed by atoms with van der Waals surface area (Å²) in [5.41, 5.74) is 1.17. The Balaban J connectivity index is 2.42. The molecule has 0 bridgehead atoms. The lowest BCUT2D eigenvalue weighted by Crippen LogP contribution is -2.18. The second kappa shape index (κ2) is 7.20. The van der Waals surface area contributed by atoms with E-state index < -0.39 is 0 Å². The molecular formula is C16H24O2. The highest BCUT2D eigenvalue weighted by Gasteiger charge is 2.16. The highest BCUT2D eigenvalue weighted by molar-refractivity contribution is 5.74. The third-order valence-corrected chi connectivity index (χ3v) is 3.43. The number of carbonyl (C=O) groups excluding carboxylic acids is 1. The van der Waals surface area contributed by atoms with Gasteiger partial charge >= 0.3 is 5.97 Å². The predicted molar refractivity (Wildman–Crippen MR) is 74.7 cm³/mol. The number of aryl methyl sites for hydroxylation is 1. The van der Waals surface area contributed by atoms with Gasteiger partial charge in [0.05, 0.1) is 5.92 Å². The molecule has 2 atom stereocenters. The summed E-state index contributed by atoms with van der Waals surface area (Å²) in [5.74, 6) is 1.17. The van der Waals surface area contributed by atoms with Crippen LogP contribution in [0, 0.1) is 18.8 Å². The number of rotatable bonds is 6. The van der Waals surface area contributed by atoms with Gasteiger partial charge in [0.15, 0.2) is 0 Å². The molecule has 0 saturated heterocycles. The Bertz CT molecular complexity index is 367. The first kappa shape index (κ1) is 14.7. The molecule has 0 aliphatic rings. The van der Waals surface area contributed by atoms with Crippen molar-refractivity contribution in [3.63, 3.8) is 0 Å². The van der Waals surface area contributed by atoms with Crippen molar-refractivity contribution < 1.29 is 9.53 Å². The molecule has 18 heavy (non-hydrogen) atoms. The SMILES string of the molecule is CCC(C)CCC(C)C(=O)Oc1ccc(C)cc1. The van der Waals surface area contributed by atoms with Crippen molar-refractivity contribution in [1.29, 1.82) is 0 Å². The zero-order valence-electron chi connectivity index (χ0n) is 11.9. The van der Waals surface area contributed by atoms with Gasteiger partial charge in [-0.2, -0.15) is 0 Å². The summed E-state index contributed by atoms with van der Waals surface area (Å²) in [4.78, 5) is 11.9. The topological polar surface area (TPSA) is 26.3 Å². The van der Waals surface area contributed by atoms with Gasteiger partial charge in [-0.05, 0) is 37.8 Å². The number of esters is 1. The molecule has 0 saturated carbocycles. The number of hydrogen-bond donors (Lipinski definition) is 0. The molecule has 0 aliphatic carbocycles. The predicted octanol–water partition coefficient (Wildman–Crippen LogP) is 4.36. The van der Waals surface area contributed by atoms with Crippen molar-refractivity contribution in [2.75, 3.05) is 0 Å². The van der Waals surface area contributed by atoms with E-state index in [1.54, 1.807) is 0 Å². The number of benzene rings is 1. The summed E-state index contributed by atoms with van der Waals surface area (Å²) < 4.78 is 5.36. The molecule has 1 rings (SSSR count). The summed E-state index contributed by atoms with van der Waals surface area (Å²) in [6.45, 7) is 8.36. The van der Waals surface area contributed by atoms with Gasteiger partial charge in [-0.1, -0.05) is 44.9 Å². The minimum atomic E-state index is -0.123. The van der Waals surface area contributed by atoms with E-state index in [0.717, 1.165) is 12.8 Å². The minimum Gasteiger partial charge on any atom is -0.426 e. The maximum atomic E-state index is 11.9. The van der Waals surface area contributed by atoms with Gasteiger partial charge in [-0.25, -0.2) is 0 Å². The quantitative estimate of drug-likeness (QED) is 0.552.